The van der Waals surface area contributed by atoms with Gasteiger partial charge in [0.15, 0.2) is 0 Å². The molecule has 3 aromatic carbocycles. The molecular formula is C30H35Cl2N3O4S. The number of rotatable bonds is 13. The molecule has 0 fully saturated rings. The standard InChI is InChI=1S/C30H35Cl2N3O4S/c1-4-5-19-33-30(37)23(3)34(20-18-24-10-7-6-8-11-24)28(36)21-35(27-13-9-12-26(31)29(27)32)40(38,39)25-16-14-22(2)15-17-25/h6-17,23H,4-5,18-21H2,1-3H3,(H,33,37)/t23-/m1/s1. The van der Waals surface area contributed by atoms with Crippen LogP contribution in [0.5, 0.6) is 0 Å². The van der Waals surface area contributed by atoms with Gasteiger partial charge in [0, 0.05) is 13.1 Å². The van der Waals surface area contributed by atoms with Gasteiger partial charge in [0.25, 0.3) is 10.0 Å². The Balaban J connectivity index is 1.99. The smallest absolute Gasteiger partial charge is 0.264 e. The molecule has 0 aliphatic heterocycles. The van der Waals surface area contributed by atoms with Crippen molar-refractivity contribution in [3.63, 3.8) is 0 Å². The van der Waals surface area contributed by atoms with E-state index in [1.165, 1.54) is 23.1 Å². The number of amides is 2. The van der Waals surface area contributed by atoms with Gasteiger partial charge in [-0.2, -0.15) is 0 Å². The highest BCUT2D eigenvalue weighted by Crippen LogP contribution is 2.35. The minimum atomic E-state index is -4.23. The number of carbonyl (C=O) groups is 2. The molecule has 10 heteroatoms. The molecule has 1 N–H and O–H groups in total. The van der Waals surface area contributed by atoms with Gasteiger partial charge < -0.3 is 10.2 Å². The molecule has 3 rings (SSSR count). The summed E-state index contributed by atoms with van der Waals surface area (Å²) >= 11 is 12.7. The molecule has 3 aromatic rings. The van der Waals surface area contributed by atoms with Crippen LogP contribution >= 0.6 is 23.2 Å². The zero-order valence-electron chi connectivity index (χ0n) is 22.9. The topological polar surface area (TPSA) is 86.8 Å². The van der Waals surface area contributed by atoms with Gasteiger partial charge in [-0.25, -0.2) is 8.42 Å². The quantitative estimate of drug-likeness (QED) is 0.247. The molecule has 0 aromatic heterocycles. The second-order valence-electron chi connectivity index (χ2n) is 9.54. The number of anilines is 1. The van der Waals surface area contributed by atoms with E-state index in [4.69, 9.17) is 23.2 Å². The monoisotopic (exact) mass is 603 g/mol. The number of benzene rings is 3. The average Bonchev–Trinajstić information content (AvgIpc) is 2.94. The molecule has 7 nitrogen and oxygen atoms in total. The van der Waals surface area contributed by atoms with Crippen LogP contribution in [0.1, 0.15) is 37.8 Å². The van der Waals surface area contributed by atoms with Gasteiger partial charge in [-0.15, -0.1) is 0 Å². The first kappa shape index (κ1) is 31.5. The Morgan fingerprint density at radius 1 is 0.950 bits per heavy atom. The first-order chi connectivity index (χ1) is 19.1. The Morgan fingerprint density at radius 2 is 1.62 bits per heavy atom. The first-order valence-electron chi connectivity index (χ1n) is 13.2. The number of hydrogen-bond donors (Lipinski definition) is 1. The predicted octanol–water partition coefficient (Wildman–Crippen LogP) is 5.87. The molecule has 0 radical (unpaired) electrons. The third kappa shape index (κ3) is 7.99. The van der Waals surface area contributed by atoms with Crippen molar-refractivity contribution in [1.82, 2.24) is 10.2 Å². The summed E-state index contributed by atoms with van der Waals surface area (Å²) in [6.45, 7) is 5.66. The minimum absolute atomic E-state index is 0.00290. The molecular weight excluding hydrogens is 569 g/mol. The minimum Gasteiger partial charge on any atom is -0.354 e. The van der Waals surface area contributed by atoms with Gasteiger partial charge >= 0.3 is 0 Å². The summed E-state index contributed by atoms with van der Waals surface area (Å²) in [6, 6.07) is 19.7. The van der Waals surface area contributed by atoms with Gasteiger partial charge in [0.05, 0.1) is 20.6 Å². The lowest BCUT2D eigenvalue weighted by atomic mass is 10.1. The third-order valence-electron chi connectivity index (χ3n) is 6.57. The Hall–Kier alpha value is -3.07. The summed E-state index contributed by atoms with van der Waals surface area (Å²) < 4.78 is 28.8. The van der Waals surface area contributed by atoms with Crippen molar-refractivity contribution in [1.29, 1.82) is 0 Å². The van der Waals surface area contributed by atoms with Crippen molar-refractivity contribution in [2.24, 2.45) is 0 Å². The molecule has 0 aliphatic rings. The fourth-order valence-electron chi connectivity index (χ4n) is 4.14. The van der Waals surface area contributed by atoms with Crippen LogP contribution < -0.4 is 9.62 Å². The second-order valence-corrected chi connectivity index (χ2v) is 12.2. The molecule has 2 amide bonds. The van der Waals surface area contributed by atoms with Gasteiger partial charge in [0.2, 0.25) is 11.8 Å². The van der Waals surface area contributed by atoms with Crippen molar-refractivity contribution in [2.45, 2.75) is 51.0 Å². The number of unbranched alkanes of at least 4 members (excludes halogenated alkanes) is 1. The second kappa shape index (κ2) is 14.5. The number of halogens is 2. The first-order valence-corrected chi connectivity index (χ1v) is 15.4. The van der Waals surface area contributed by atoms with E-state index < -0.39 is 28.5 Å². The fourth-order valence-corrected chi connectivity index (χ4v) is 6.02. The van der Waals surface area contributed by atoms with E-state index in [0.29, 0.717) is 13.0 Å². The van der Waals surface area contributed by atoms with E-state index in [2.05, 4.69) is 5.32 Å². The summed E-state index contributed by atoms with van der Waals surface area (Å²) in [6.07, 6.45) is 2.21. The molecule has 0 spiro atoms. The van der Waals surface area contributed by atoms with E-state index in [0.717, 1.165) is 28.3 Å². The van der Waals surface area contributed by atoms with E-state index in [-0.39, 0.29) is 33.1 Å². The van der Waals surface area contributed by atoms with Crippen LogP contribution in [-0.4, -0.2) is 50.8 Å². The van der Waals surface area contributed by atoms with E-state index in [1.54, 1.807) is 31.2 Å². The number of sulfonamides is 1. The van der Waals surface area contributed by atoms with Crippen molar-refractivity contribution in [3.8, 4) is 0 Å². The molecule has 0 aliphatic carbocycles. The summed E-state index contributed by atoms with van der Waals surface area (Å²) in [7, 11) is -4.23. The SMILES string of the molecule is CCCCNC(=O)[C@@H](C)N(CCc1ccccc1)C(=O)CN(c1cccc(Cl)c1Cl)S(=O)(=O)c1ccc(C)cc1. The van der Waals surface area contributed by atoms with Crippen molar-refractivity contribution in [2.75, 3.05) is 23.9 Å². The van der Waals surface area contributed by atoms with Gasteiger partial charge in [-0.1, -0.05) is 90.6 Å². The molecule has 40 heavy (non-hydrogen) atoms. The van der Waals surface area contributed by atoms with Crippen LogP contribution in [0.3, 0.4) is 0 Å². The largest absolute Gasteiger partial charge is 0.354 e. The Morgan fingerprint density at radius 3 is 2.27 bits per heavy atom. The maximum Gasteiger partial charge on any atom is 0.264 e. The van der Waals surface area contributed by atoms with Crippen molar-refractivity contribution < 1.29 is 18.0 Å². The summed E-state index contributed by atoms with van der Waals surface area (Å²) in [5, 5.41) is 3.04. The van der Waals surface area contributed by atoms with E-state index >= 15 is 0 Å². The van der Waals surface area contributed by atoms with Crippen LogP contribution in [0.15, 0.2) is 77.7 Å². The number of hydrogen-bond acceptors (Lipinski definition) is 4. The number of carbonyl (C=O) groups excluding carboxylic acids is 2. The summed E-state index contributed by atoms with van der Waals surface area (Å²) in [5.74, 6) is -0.843. The molecule has 0 heterocycles. The normalized spacial score (nSPS) is 12.0. The van der Waals surface area contributed by atoms with Crippen LogP contribution in [0.2, 0.25) is 10.0 Å². The Kier molecular flexibility index (Phi) is 11.4. The van der Waals surface area contributed by atoms with Crippen LogP contribution in [-0.2, 0) is 26.0 Å². The molecule has 1 atom stereocenters. The zero-order chi connectivity index (χ0) is 29.3. The van der Waals surface area contributed by atoms with Crippen LogP contribution in [0, 0.1) is 6.92 Å². The Labute approximate surface area is 247 Å². The number of nitrogens with zero attached hydrogens (tertiary/aromatic N) is 2. The highest BCUT2D eigenvalue weighted by Gasteiger charge is 2.33. The van der Waals surface area contributed by atoms with Gasteiger partial charge in [0.1, 0.15) is 12.6 Å². The van der Waals surface area contributed by atoms with Crippen molar-refractivity contribution >= 4 is 50.7 Å². The molecule has 0 bridgehead atoms. The Bertz CT molecular complexity index is 1400. The molecule has 0 saturated heterocycles. The number of nitrogens with one attached hydrogen (secondary N) is 1. The predicted molar refractivity (Wildman–Crippen MR) is 161 cm³/mol. The zero-order valence-corrected chi connectivity index (χ0v) is 25.3. The maximum atomic E-state index is 13.9. The van der Waals surface area contributed by atoms with Gasteiger partial charge in [-0.3, -0.25) is 13.9 Å². The lowest BCUT2D eigenvalue weighted by Crippen LogP contribution is -2.52. The third-order valence-corrected chi connectivity index (χ3v) is 9.15. The van der Waals surface area contributed by atoms with Crippen molar-refractivity contribution in [3.05, 3.63) is 94.0 Å². The summed E-state index contributed by atoms with van der Waals surface area (Å²) in [4.78, 5) is 28.3. The number of aryl methyl sites for hydroxylation is 1. The van der Waals surface area contributed by atoms with Crippen LogP contribution in [0.25, 0.3) is 0 Å². The van der Waals surface area contributed by atoms with E-state index in [9.17, 15) is 18.0 Å². The lowest BCUT2D eigenvalue weighted by molar-refractivity contribution is -0.138. The van der Waals surface area contributed by atoms with Gasteiger partial charge in [-0.05, 0) is 56.5 Å². The molecule has 0 saturated carbocycles. The lowest BCUT2D eigenvalue weighted by Gasteiger charge is -2.32. The maximum absolute atomic E-state index is 13.9. The highest BCUT2D eigenvalue weighted by molar-refractivity contribution is 7.92. The highest BCUT2D eigenvalue weighted by atomic mass is 35.5. The fraction of sp³-hybridized carbons (Fsp3) is 0.333. The van der Waals surface area contributed by atoms with E-state index in [1.807, 2.05) is 44.2 Å². The van der Waals surface area contributed by atoms with Crippen LogP contribution in [0.4, 0.5) is 5.69 Å². The average molecular weight is 605 g/mol. The summed E-state index contributed by atoms with van der Waals surface area (Å²) in [5.41, 5.74) is 1.95. The molecule has 0 unspecified atom stereocenters. The molecule has 214 valence electrons.